The molecule has 0 bridgehead atoms. The van der Waals surface area contributed by atoms with Crippen LogP contribution in [0.2, 0.25) is 0 Å². The first-order valence-electron chi connectivity index (χ1n) is 5.06. The monoisotopic (exact) mass is 327 g/mol. The third-order valence-corrected chi connectivity index (χ3v) is 3.80. The Morgan fingerprint density at radius 3 is 2.83 bits per heavy atom. The standard InChI is InChI=1S/C12H10BrNO3S/c13-7-1-3-9(14)11(5-7)18-6-8-2-4-10(17-8)12(15)16/h1-5H,6,14H2,(H,15,16). The number of anilines is 1. The molecule has 94 valence electrons. The highest BCUT2D eigenvalue weighted by Crippen LogP contribution is 2.31. The number of carbonyl (C=O) groups is 1. The van der Waals surface area contributed by atoms with Gasteiger partial charge in [-0.05, 0) is 30.3 Å². The third kappa shape index (κ3) is 3.08. The highest BCUT2D eigenvalue weighted by atomic mass is 79.9. The lowest BCUT2D eigenvalue weighted by Gasteiger charge is -2.04. The Morgan fingerprint density at radius 2 is 2.17 bits per heavy atom. The lowest BCUT2D eigenvalue weighted by Crippen LogP contribution is -1.92. The average Bonchev–Trinajstić information content (AvgIpc) is 2.79. The number of nitrogen functional groups attached to an aromatic ring is 1. The molecule has 0 saturated heterocycles. The van der Waals surface area contributed by atoms with Crippen LogP contribution >= 0.6 is 27.7 Å². The number of aromatic carboxylic acids is 1. The summed E-state index contributed by atoms with van der Waals surface area (Å²) < 4.78 is 6.11. The molecule has 4 nitrogen and oxygen atoms in total. The molecule has 1 heterocycles. The van der Waals surface area contributed by atoms with Crippen LogP contribution in [-0.2, 0) is 5.75 Å². The number of rotatable bonds is 4. The SMILES string of the molecule is Nc1ccc(Br)cc1SCc1ccc(C(=O)O)o1. The molecule has 0 fully saturated rings. The Balaban J connectivity index is 2.06. The Kier molecular flexibility index (Phi) is 3.98. The summed E-state index contributed by atoms with van der Waals surface area (Å²) >= 11 is 4.87. The number of furan rings is 1. The van der Waals surface area contributed by atoms with E-state index in [-0.39, 0.29) is 5.76 Å². The fraction of sp³-hybridized carbons (Fsp3) is 0.0833. The highest BCUT2D eigenvalue weighted by molar-refractivity contribution is 9.10. The predicted molar refractivity (Wildman–Crippen MR) is 73.8 cm³/mol. The smallest absolute Gasteiger partial charge is 0.371 e. The fourth-order valence-electron chi connectivity index (χ4n) is 1.35. The first kappa shape index (κ1) is 13.0. The van der Waals surface area contributed by atoms with Gasteiger partial charge in [-0.1, -0.05) is 15.9 Å². The van der Waals surface area contributed by atoms with Crippen LogP contribution in [0.15, 0.2) is 44.1 Å². The quantitative estimate of drug-likeness (QED) is 0.662. The van der Waals surface area contributed by atoms with E-state index in [4.69, 9.17) is 15.3 Å². The summed E-state index contributed by atoms with van der Waals surface area (Å²) in [7, 11) is 0. The van der Waals surface area contributed by atoms with Gasteiger partial charge in [-0.15, -0.1) is 11.8 Å². The van der Waals surface area contributed by atoms with E-state index in [2.05, 4.69) is 15.9 Å². The van der Waals surface area contributed by atoms with E-state index < -0.39 is 5.97 Å². The van der Waals surface area contributed by atoms with Gasteiger partial charge >= 0.3 is 5.97 Å². The normalized spacial score (nSPS) is 10.5. The van der Waals surface area contributed by atoms with Crippen molar-refractivity contribution < 1.29 is 14.3 Å². The minimum absolute atomic E-state index is 0.0483. The van der Waals surface area contributed by atoms with Crippen LogP contribution in [-0.4, -0.2) is 11.1 Å². The molecule has 0 aliphatic carbocycles. The zero-order chi connectivity index (χ0) is 13.1. The molecular weight excluding hydrogens is 318 g/mol. The van der Waals surface area contributed by atoms with Gasteiger partial charge in [0.05, 0.1) is 5.75 Å². The molecule has 0 aliphatic heterocycles. The molecule has 0 unspecified atom stereocenters. The van der Waals surface area contributed by atoms with Crippen LogP contribution in [0.5, 0.6) is 0 Å². The molecule has 0 atom stereocenters. The van der Waals surface area contributed by atoms with Gasteiger partial charge in [-0.2, -0.15) is 0 Å². The molecule has 0 radical (unpaired) electrons. The molecule has 6 heteroatoms. The van der Waals surface area contributed by atoms with Crippen LogP contribution in [0.25, 0.3) is 0 Å². The van der Waals surface area contributed by atoms with Gasteiger partial charge in [0.25, 0.3) is 0 Å². The molecule has 3 N–H and O–H groups in total. The number of halogens is 1. The number of carboxylic acid groups (broad SMARTS) is 1. The molecule has 2 aromatic rings. The second-order valence-corrected chi connectivity index (χ2v) is 5.47. The zero-order valence-corrected chi connectivity index (χ0v) is 11.6. The first-order valence-corrected chi connectivity index (χ1v) is 6.84. The van der Waals surface area contributed by atoms with Crippen molar-refractivity contribution in [1.82, 2.24) is 0 Å². The summed E-state index contributed by atoms with van der Waals surface area (Å²) in [5.74, 6) is 0.0336. The Bertz CT molecular complexity index is 582. The first-order chi connectivity index (χ1) is 8.56. The Labute approximate surface area is 116 Å². The maximum atomic E-state index is 10.7. The summed E-state index contributed by atoms with van der Waals surface area (Å²) in [6.45, 7) is 0. The molecule has 0 aliphatic rings. The van der Waals surface area contributed by atoms with E-state index in [1.165, 1.54) is 17.8 Å². The minimum atomic E-state index is -1.06. The van der Waals surface area contributed by atoms with E-state index in [1.807, 2.05) is 18.2 Å². The number of benzene rings is 1. The molecule has 0 amide bonds. The average molecular weight is 328 g/mol. The van der Waals surface area contributed by atoms with Gasteiger partial charge < -0.3 is 15.3 Å². The summed E-state index contributed by atoms with van der Waals surface area (Å²) in [4.78, 5) is 11.6. The minimum Gasteiger partial charge on any atom is -0.475 e. The number of hydrogen-bond acceptors (Lipinski definition) is 4. The number of hydrogen-bond donors (Lipinski definition) is 2. The van der Waals surface area contributed by atoms with Gasteiger partial charge in [0, 0.05) is 15.1 Å². The molecule has 1 aromatic carbocycles. The van der Waals surface area contributed by atoms with Crippen molar-refractivity contribution in [3.05, 3.63) is 46.3 Å². The molecular formula is C12H10BrNO3S. The van der Waals surface area contributed by atoms with E-state index in [0.717, 1.165) is 9.37 Å². The fourth-order valence-corrected chi connectivity index (χ4v) is 2.76. The number of nitrogens with two attached hydrogens (primary N) is 1. The zero-order valence-electron chi connectivity index (χ0n) is 9.22. The Hall–Kier alpha value is -1.40. The summed E-state index contributed by atoms with van der Waals surface area (Å²) in [5.41, 5.74) is 6.53. The summed E-state index contributed by atoms with van der Waals surface area (Å²) in [6.07, 6.45) is 0. The van der Waals surface area contributed by atoms with Crippen molar-refractivity contribution >= 4 is 39.3 Å². The van der Waals surface area contributed by atoms with E-state index >= 15 is 0 Å². The molecule has 0 saturated carbocycles. The summed E-state index contributed by atoms with van der Waals surface area (Å²) in [6, 6.07) is 8.71. The lowest BCUT2D eigenvalue weighted by molar-refractivity contribution is 0.0661. The topological polar surface area (TPSA) is 76.5 Å². The number of thioether (sulfide) groups is 1. The Morgan fingerprint density at radius 1 is 1.39 bits per heavy atom. The van der Waals surface area contributed by atoms with Gasteiger partial charge in [0.2, 0.25) is 5.76 Å². The van der Waals surface area contributed by atoms with Gasteiger partial charge in [-0.25, -0.2) is 4.79 Å². The number of carboxylic acids is 1. The van der Waals surface area contributed by atoms with Crippen molar-refractivity contribution in [2.24, 2.45) is 0 Å². The molecule has 2 rings (SSSR count). The van der Waals surface area contributed by atoms with E-state index in [9.17, 15) is 4.79 Å². The molecule has 18 heavy (non-hydrogen) atoms. The van der Waals surface area contributed by atoms with Crippen LogP contribution in [0.1, 0.15) is 16.3 Å². The maximum Gasteiger partial charge on any atom is 0.371 e. The second kappa shape index (κ2) is 5.49. The van der Waals surface area contributed by atoms with Crippen molar-refractivity contribution in [1.29, 1.82) is 0 Å². The van der Waals surface area contributed by atoms with Crippen molar-refractivity contribution in [2.75, 3.05) is 5.73 Å². The van der Waals surface area contributed by atoms with Crippen molar-refractivity contribution in [3.63, 3.8) is 0 Å². The van der Waals surface area contributed by atoms with Crippen LogP contribution in [0.4, 0.5) is 5.69 Å². The van der Waals surface area contributed by atoms with E-state index in [1.54, 1.807) is 6.07 Å². The van der Waals surface area contributed by atoms with Crippen LogP contribution in [0.3, 0.4) is 0 Å². The maximum absolute atomic E-state index is 10.7. The van der Waals surface area contributed by atoms with Crippen molar-refractivity contribution in [3.8, 4) is 0 Å². The van der Waals surface area contributed by atoms with Crippen LogP contribution in [0, 0.1) is 0 Å². The highest BCUT2D eigenvalue weighted by Gasteiger charge is 2.09. The van der Waals surface area contributed by atoms with Crippen molar-refractivity contribution in [2.45, 2.75) is 10.6 Å². The largest absolute Gasteiger partial charge is 0.475 e. The molecule has 0 spiro atoms. The van der Waals surface area contributed by atoms with Crippen LogP contribution < -0.4 is 5.73 Å². The molecule has 1 aromatic heterocycles. The third-order valence-electron chi connectivity index (χ3n) is 2.22. The van der Waals surface area contributed by atoms with E-state index in [0.29, 0.717) is 17.2 Å². The van der Waals surface area contributed by atoms with Gasteiger partial charge in [0.1, 0.15) is 5.76 Å². The predicted octanol–water partition coefficient (Wildman–Crippen LogP) is 3.61. The lowest BCUT2D eigenvalue weighted by atomic mass is 10.3. The van der Waals surface area contributed by atoms with Gasteiger partial charge in [-0.3, -0.25) is 0 Å². The summed E-state index contributed by atoms with van der Waals surface area (Å²) in [5, 5.41) is 8.74. The second-order valence-electron chi connectivity index (χ2n) is 3.54. The van der Waals surface area contributed by atoms with Gasteiger partial charge in [0.15, 0.2) is 0 Å².